The number of esters is 1. The lowest BCUT2D eigenvalue weighted by Crippen LogP contribution is -2.17. The van der Waals surface area contributed by atoms with Gasteiger partial charge in [-0.1, -0.05) is 43.8 Å². The molecule has 0 spiro atoms. The first-order chi connectivity index (χ1) is 18.8. The number of hydrogen-bond acceptors (Lipinski definition) is 8. The number of thiophene rings is 1. The summed E-state index contributed by atoms with van der Waals surface area (Å²) in [6.07, 6.45) is 5.29. The van der Waals surface area contributed by atoms with Crippen LogP contribution in [0.4, 0.5) is 5.00 Å². The zero-order chi connectivity index (χ0) is 27.9. The van der Waals surface area contributed by atoms with E-state index >= 15 is 0 Å². The molecule has 1 N–H and O–H groups in total. The summed E-state index contributed by atoms with van der Waals surface area (Å²) in [6, 6.07) is 8.07. The number of carbonyl (C=O) groups is 2. The van der Waals surface area contributed by atoms with Crippen LogP contribution in [0.15, 0.2) is 42.1 Å². The van der Waals surface area contributed by atoms with Gasteiger partial charge in [0.05, 0.1) is 17.9 Å². The highest BCUT2D eigenvalue weighted by atomic mass is 32.2. The Morgan fingerprint density at radius 3 is 2.62 bits per heavy atom. The second-order valence-electron chi connectivity index (χ2n) is 9.70. The first kappa shape index (κ1) is 28.9. The van der Waals surface area contributed by atoms with Crippen molar-refractivity contribution in [1.29, 1.82) is 0 Å². The van der Waals surface area contributed by atoms with E-state index in [2.05, 4.69) is 48.1 Å². The van der Waals surface area contributed by atoms with Crippen molar-refractivity contribution in [2.75, 3.05) is 17.7 Å². The largest absolute Gasteiger partial charge is 0.483 e. The van der Waals surface area contributed by atoms with Crippen LogP contribution in [0.1, 0.15) is 84.7 Å². The fourth-order valence-corrected chi connectivity index (χ4v) is 6.61. The molecule has 2 aromatic heterocycles. The molecule has 1 atom stereocenters. The van der Waals surface area contributed by atoms with Crippen LogP contribution in [0.2, 0.25) is 0 Å². The van der Waals surface area contributed by atoms with E-state index in [1.165, 1.54) is 28.7 Å². The van der Waals surface area contributed by atoms with Crippen LogP contribution in [-0.4, -0.2) is 39.0 Å². The molecule has 4 rings (SSSR count). The Kier molecular flexibility index (Phi) is 9.85. The van der Waals surface area contributed by atoms with E-state index in [0.29, 0.717) is 40.6 Å². The number of thioether (sulfide) groups is 1. The normalized spacial score (nSPS) is 13.6. The van der Waals surface area contributed by atoms with E-state index in [-0.39, 0.29) is 23.7 Å². The number of benzene rings is 1. The molecule has 0 radical (unpaired) electrons. The number of carbonyl (C=O) groups excluding carboxylic acids is 2. The lowest BCUT2D eigenvalue weighted by molar-refractivity contribution is -0.113. The van der Waals surface area contributed by atoms with Crippen molar-refractivity contribution in [3.05, 3.63) is 64.3 Å². The highest BCUT2D eigenvalue weighted by Gasteiger charge is 2.27. The lowest BCUT2D eigenvalue weighted by atomic mass is 9.95. The van der Waals surface area contributed by atoms with E-state index in [9.17, 15) is 9.59 Å². The average Bonchev–Trinajstić information content (AvgIpc) is 3.49. The van der Waals surface area contributed by atoms with Crippen molar-refractivity contribution in [1.82, 2.24) is 14.8 Å². The fraction of sp³-hybridized carbons (Fsp3) is 0.448. The molecule has 39 heavy (non-hydrogen) atoms. The Balaban J connectivity index is 1.44. The van der Waals surface area contributed by atoms with Gasteiger partial charge in [0.2, 0.25) is 5.91 Å². The van der Waals surface area contributed by atoms with Crippen molar-refractivity contribution >= 4 is 40.0 Å². The molecule has 0 bridgehead atoms. The number of rotatable bonds is 12. The van der Waals surface area contributed by atoms with Crippen molar-refractivity contribution in [2.45, 2.75) is 77.1 Å². The van der Waals surface area contributed by atoms with Gasteiger partial charge in [0.25, 0.3) is 0 Å². The van der Waals surface area contributed by atoms with Crippen molar-refractivity contribution in [3.8, 4) is 5.75 Å². The summed E-state index contributed by atoms with van der Waals surface area (Å²) in [7, 11) is 0. The van der Waals surface area contributed by atoms with Gasteiger partial charge in [0, 0.05) is 11.4 Å². The van der Waals surface area contributed by atoms with Gasteiger partial charge < -0.3 is 14.8 Å². The molecule has 208 valence electrons. The molecular weight excluding hydrogens is 532 g/mol. The summed E-state index contributed by atoms with van der Waals surface area (Å²) in [5.74, 6) is 1.39. The zero-order valence-electron chi connectivity index (χ0n) is 23.0. The molecule has 1 unspecified atom stereocenters. The van der Waals surface area contributed by atoms with Crippen LogP contribution < -0.4 is 10.1 Å². The number of fused-ring (bicyclic) bond motifs is 1. The molecule has 0 fully saturated rings. The van der Waals surface area contributed by atoms with Gasteiger partial charge in [-0.25, -0.2) is 4.79 Å². The van der Waals surface area contributed by atoms with Gasteiger partial charge in [0.1, 0.15) is 10.8 Å². The third kappa shape index (κ3) is 6.91. The van der Waals surface area contributed by atoms with Gasteiger partial charge in [-0.3, -0.25) is 9.36 Å². The molecule has 1 aliphatic rings. The summed E-state index contributed by atoms with van der Waals surface area (Å²) in [4.78, 5) is 26.8. The standard InChI is InChI=1S/C29H36N4O4S2/c1-6-16-33-26(19(5)37-21-14-12-20(13-15-21)18(3)4)31-32-29(33)38-17-24(34)30-27-25(28(35)36-7-2)22-10-8-9-11-23(22)39-27/h6,12-15,18-19H,1,7-11,16-17H2,2-5H3,(H,30,34). The first-order valence-electron chi connectivity index (χ1n) is 13.4. The molecule has 2 heterocycles. The predicted octanol–water partition coefficient (Wildman–Crippen LogP) is 6.58. The zero-order valence-corrected chi connectivity index (χ0v) is 24.6. The number of allylic oxidation sites excluding steroid dienone is 1. The highest BCUT2D eigenvalue weighted by molar-refractivity contribution is 7.99. The van der Waals surface area contributed by atoms with Crippen LogP contribution in [0, 0.1) is 0 Å². The molecule has 0 aliphatic heterocycles. The topological polar surface area (TPSA) is 95.3 Å². The van der Waals surface area contributed by atoms with Gasteiger partial charge >= 0.3 is 5.97 Å². The van der Waals surface area contributed by atoms with Crippen LogP contribution in [0.25, 0.3) is 0 Å². The third-order valence-corrected chi connectivity index (χ3v) is 8.69. The molecular formula is C29H36N4O4S2. The number of aryl methyl sites for hydroxylation is 1. The maximum absolute atomic E-state index is 13.0. The molecule has 10 heteroatoms. The molecule has 3 aromatic rings. The third-order valence-electron chi connectivity index (χ3n) is 6.52. The fourth-order valence-electron chi connectivity index (χ4n) is 4.56. The lowest BCUT2D eigenvalue weighted by Gasteiger charge is -2.16. The molecule has 8 nitrogen and oxygen atoms in total. The first-order valence-corrected chi connectivity index (χ1v) is 15.2. The Bertz CT molecular complexity index is 1310. The summed E-state index contributed by atoms with van der Waals surface area (Å²) < 4.78 is 13.4. The number of nitrogens with one attached hydrogen (secondary N) is 1. The van der Waals surface area contributed by atoms with Gasteiger partial charge in [-0.05, 0) is 68.7 Å². The second kappa shape index (κ2) is 13.3. The van der Waals surface area contributed by atoms with Crippen LogP contribution in [-0.2, 0) is 28.9 Å². The second-order valence-corrected chi connectivity index (χ2v) is 11.7. The van der Waals surface area contributed by atoms with E-state index in [0.717, 1.165) is 41.9 Å². The Morgan fingerprint density at radius 1 is 1.18 bits per heavy atom. The summed E-state index contributed by atoms with van der Waals surface area (Å²) in [6.45, 7) is 12.7. The molecule has 0 saturated heterocycles. The highest BCUT2D eigenvalue weighted by Crippen LogP contribution is 2.39. The SMILES string of the molecule is C=CCn1c(SCC(=O)Nc2sc3c(c2C(=O)OCC)CCCC3)nnc1C(C)Oc1ccc(C(C)C)cc1. The molecule has 1 amide bonds. The van der Waals surface area contributed by atoms with Gasteiger partial charge in [-0.2, -0.15) is 0 Å². The Labute approximate surface area is 238 Å². The summed E-state index contributed by atoms with van der Waals surface area (Å²) in [5, 5.41) is 12.8. The minimum Gasteiger partial charge on any atom is -0.483 e. The van der Waals surface area contributed by atoms with Gasteiger partial charge in [0.15, 0.2) is 17.1 Å². The van der Waals surface area contributed by atoms with Crippen molar-refractivity contribution < 1.29 is 19.1 Å². The maximum Gasteiger partial charge on any atom is 0.341 e. The molecule has 1 aliphatic carbocycles. The van der Waals surface area contributed by atoms with E-state index in [4.69, 9.17) is 9.47 Å². The Morgan fingerprint density at radius 2 is 1.92 bits per heavy atom. The predicted molar refractivity (Wildman–Crippen MR) is 156 cm³/mol. The van der Waals surface area contributed by atoms with E-state index < -0.39 is 0 Å². The number of aromatic nitrogens is 3. The van der Waals surface area contributed by atoms with Crippen molar-refractivity contribution in [3.63, 3.8) is 0 Å². The number of ether oxygens (including phenoxy) is 2. The van der Waals surface area contributed by atoms with E-state index in [1.807, 2.05) is 23.6 Å². The quantitative estimate of drug-likeness (QED) is 0.150. The average molecular weight is 569 g/mol. The van der Waals surface area contributed by atoms with Gasteiger partial charge in [-0.15, -0.1) is 28.1 Å². The summed E-state index contributed by atoms with van der Waals surface area (Å²) in [5.41, 5.74) is 2.79. The van der Waals surface area contributed by atoms with Crippen LogP contribution >= 0.6 is 23.1 Å². The minimum absolute atomic E-state index is 0.117. The van der Waals surface area contributed by atoms with Crippen LogP contribution in [0.3, 0.4) is 0 Å². The number of nitrogens with zero attached hydrogens (tertiary/aromatic N) is 3. The van der Waals surface area contributed by atoms with Crippen LogP contribution in [0.5, 0.6) is 5.75 Å². The number of amides is 1. The number of hydrogen-bond donors (Lipinski definition) is 1. The van der Waals surface area contributed by atoms with Crippen molar-refractivity contribution in [2.24, 2.45) is 0 Å². The summed E-state index contributed by atoms with van der Waals surface area (Å²) >= 11 is 2.77. The molecule has 1 aromatic carbocycles. The smallest absolute Gasteiger partial charge is 0.341 e. The number of anilines is 1. The maximum atomic E-state index is 13.0. The van der Waals surface area contributed by atoms with E-state index in [1.54, 1.807) is 13.0 Å². The molecule has 0 saturated carbocycles. The monoisotopic (exact) mass is 568 g/mol. The Hall–Kier alpha value is -3.11. The minimum atomic E-state index is -0.372.